The van der Waals surface area contributed by atoms with Crippen molar-refractivity contribution in [3.05, 3.63) is 51.2 Å². The van der Waals surface area contributed by atoms with Gasteiger partial charge in [-0.3, -0.25) is 0 Å². The summed E-state index contributed by atoms with van der Waals surface area (Å²) in [5.41, 5.74) is 1.76. The van der Waals surface area contributed by atoms with Gasteiger partial charge < -0.3 is 5.32 Å². The van der Waals surface area contributed by atoms with Crippen LogP contribution in [0.2, 0.25) is 0 Å². The molecule has 0 saturated carbocycles. The zero-order chi connectivity index (χ0) is 14.5. The number of nitrogens with zero attached hydrogens (tertiary/aromatic N) is 1. The largest absolute Gasteiger partial charge is 0.309 e. The van der Waals surface area contributed by atoms with Crippen molar-refractivity contribution in [2.75, 3.05) is 6.54 Å². The number of benzene rings is 1. The summed E-state index contributed by atoms with van der Waals surface area (Å²) in [4.78, 5) is 5.84. The van der Waals surface area contributed by atoms with E-state index in [-0.39, 0.29) is 5.82 Å². The molecular formula is C16H21FN2S. The predicted octanol–water partition coefficient (Wildman–Crippen LogP) is 4.24. The fraction of sp³-hybridized carbons (Fsp3) is 0.438. The first-order valence-electron chi connectivity index (χ1n) is 7.04. The van der Waals surface area contributed by atoms with Gasteiger partial charge in [0.1, 0.15) is 5.82 Å². The lowest BCUT2D eigenvalue weighted by atomic mass is 10.1. The van der Waals surface area contributed by atoms with Gasteiger partial charge in [-0.2, -0.15) is 0 Å². The zero-order valence-corrected chi connectivity index (χ0v) is 13.1. The lowest BCUT2D eigenvalue weighted by Crippen LogP contribution is -2.18. The highest BCUT2D eigenvalue weighted by Crippen LogP contribution is 2.27. The minimum absolute atomic E-state index is 0.154. The van der Waals surface area contributed by atoms with Crippen LogP contribution in [0.15, 0.2) is 24.3 Å². The second-order valence-corrected chi connectivity index (χ2v) is 6.12. The van der Waals surface area contributed by atoms with Crippen LogP contribution < -0.4 is 5.32 Å². The summed E-state index contributed by atoms with van der Waals surface area (Å²) < 4.78 is 13.7. The topological polar surface area (TPSA) is 24.9 Å². The molecule has 0 amide bonds. The van der Waals surface area contributed by atoms with Crippen molar-refractivity contribution in [1.82, 2.24) is 10.3 Å². The van der Waals surface area contributed by atoms with E-state index in [1.165, 1.54) is 10.9 Å². The molecule has 0 radical (unpaired) electrons. The van der Waals surface area contributed by atoms with E-state index in [1.54, 1.807) is 17.4 Å². The summed E-state index contributed by atoms with van der Waals surface area (Å²) in [5.74, 6) is -0.154. The van der Waals surface area contributed by atoms with E-state index in [0.29, 0.717) is 18.0 Å². The lowest BCUT2D eigenvalue weighted by Gasteiger charge is -2.11. The Labute approximate surface area is 124 Å². The number of aryl methyl sites for hydroxylation is 1. The highest BCUT2D eigenvalue weighted by Gasteiger charge is 2.14. The van der Waals surface area contributed by atoms with Crippen LogP contribution in [0.5, 0.6) is 0 Å². The van der Waals surface area contributed by atoms with Crippen LogP contribution in [0.25, 0.3) is 0 Å². The Morgan fingerprint density at radius 2 is 2.10 bits per heavy atom. The minimum Gasteiger partial charge on any atom is -0.309 e. The average molecular weight is 292 g/mol. The van der Waals surface area contributed by atoms with Crippen LogP contribution in [-0.2, 0) is 6.42 Å². The number of halogens is 1. The van der Waals surface area contributed by atoms with Crippen molar-refractivity contribution in [3.8, 4) is 0 Å². The molecule has 0 spiro atoms. The minimum atomic E-state index is -0.154. The first-order chi connectivity index (χ1) is 9.61. The van der Waals surface area contributed by atoms with Gasteiger partial charge in [0.25, 0.3) is 0 Å². The van der Waals surface area contributed by atoms with E-state index in [0.717, 1.165) is 23.7 Å². The highest BCUT2D eigenvalue weighted by atomic mass is 32.1. The smallest absolute Gasteiger partial charge is 0.126 e. The SMILES string of the molecule is CCCNC(C)c1sc(Cc2ccccc2F)nc1C. The van der Waals surface area contributed by atoms with Gasteiger partial charge in [-0.05, 0) is 38.4 Å². The van der Waals surface area contributed by atoms with Crippen LogP contribution in [0, 0.1) is 12.7 Å². The van der Waals surface area contributed by atoms with Crippen LogP contribution in [0.1, 0.15) is 47.5 Å². The third kappa shape index (κ3) is 3.64. The molecule has 20 heavy (non-hydrogen) atoms. The van der Waals surface area contributed by atoms with Gasteiger partial charge in [-0.15, -0.1) is 11.3 Å². The molecule has 2 rings (SSSR count). The average Bonchev–Trinajstić information content (AvgIpc) is 2.79. The highest BCUT2D eigenvalue weighted by molar-refractivity contribution is 7.11. The number of aromatic nitrogens is 1. The maximum atomic E-state index is 13.7. The third-order valence-electron chi connectivity index (χ3n) is 3.27. The Morgan fingerprint density at radius 3 is 2.80 bits per heavy atom. The van der Waals surface area contributed by atoms with Crippen molar-refractivity contribution in [2.45, 2.75) is 39.7 Å². The number of hydrogen-bond acceptors (Lipinski definition) is 3. The molecule has 1 N–H and O–H groups in total. The Kier molecular flexibility index (Phi) is 5.26. The zero-order valence-electron chi connectivity index (χ0n) is 12.2. The van der Waals surface area contributed by atoms with E-state index < -0.39 is 0 Å². The second-order valence-electron chi connectivity index (χ2n) is 5.00. The van der Waals surface area contributed by atoms with Crippen molar-refractivity contribution in [1.29, 1.82) is 0 Å². The Morgan fingerprint density at radius 1 is 1.35 bits per heavy atom. The molecule has 1 atom stereocenters. The van der Waals surface area contributed by atoms with Crippen molar-refractivity contribution < 1.29 is 4.39 Å². The monoisotopic (exact) mass is 292 g/mol. The normalized spacial score (nSPS) is 12.6. The fourth-order valence-corrected chi connectivity index (χ4v) is 3.32. The maximum absolute atomic E-state index is 13.7. The van der Waals surface area contributed by atoms with Crippen molar-refractivity contribution >= 4 is 11.3 Å². The standard InChI is InChI=1S/C16H21FN2S/c1-4-9-18-11(2)16-12(3)19-15(20-16)10-13-7-5-6-8-14(13)17/h5-8,11,18H,4,9-10H2,1-3H3. The van der Waals surface area contributed by atoms with Crippen molar-refractivity contribution in [3.63, 3.8) is 0 Å². The Bertz CT molecular complexity index is 565. The van der Waals surface area contributed by atoms with Gasteiger partial charge in [0.05, 0.1) is 10.7 Å². The predicted molar refractivity (Wildman–Crippen MR) is 82.8 cm³/mol. The number of thiazole rings is 1. The van der Waals surface area contributed by atoms with E-state index in [1.807, 2.05) is 19.1 Å². The van der Waals surface area contributed by atoms with E-state index >= 15 is 0 Å². The summed E-state index contributed by atoms with van der Waals surface area (Å²) in [6.45, 7) is 7.34. The van der Waals surface area contributed by atoms with Gasteiger partial charge in [-0.25, -0.2) is 9.37 Å². The summed E-state index contributed by atoms with van der Waals surface area (Å²) in [5, 5.41) is 4.45. The van der Waals surface area contributed by atoms with Crippen LogP contribution in [-0.4, -0.2) is 11.5 Å². The van der Waals surface area contributed by atoms with E-state index in [2.05, 4.69) is 24.1 Å². The van der Waals surface area contributed by atoms with Gasteiger partial charge in [-0.1, -0.05) is 25.1 Å². The molecule has 4 heteroatoms. The van der Waals surface area contributed by atoms with Gasteiger partial charge >= 0.3 is 0 Å². The van der Waals surface area contributed by atoms with Gasteiger partial charge in [0.15, 0.2) is 0 Å². The third-order valence-corrected chi connectivity index (χ3v) is 4.61. The second kappa shape index (κ2) is 6.95. The molecule has 108 valence electrons. The molecule has 0 fully saturated rings. The summed E-state index contributed by atoms with van der Waals surface area (Å²) in [6, 6.07) is 7.22. The summed E-state index contributed by atoms with van der Waals surface area (Å²) >= 11 is 1.68. The lowest BCUT2D eigenvalue weighted by molar-refractivity contribution is 0.575. The number of nitrogens with one attached hydrogen (secondary N) is 1. The molecule has 2 nitrogen and oxygen atoms in total. The number of rotatable bonds is 6. The molecular weight excluding hydrogens is 271 g/mol. The number of hydrogen-bond donors (Lipinski definition) is 1. The molecule has 0 aliphatic rings. The molecule has 0 saturated heterocycles. The van der Waals surface area contributed by atoms with Crippen molar-refractivity contribution in [2.24, 2.45) is 0 Å². The molecule has 2 aromatic rings. The quantitative estimate of drug-likeness (QED) is 0.861. The van der Waals surface area contributed by atoms with Crippen LogP contribution in [0.4, 0.5) is 4.39 Å². The first-order valence-corrected chi connectivity index (χ1v) is 7.86. The molecule has 0 aliphatic heterocycles. The van der Waals surface area contributed by atoms with Crippen LogP contribution >= 0.6 is 11.3 Å². The van der Waals surface area contributed by atoms with Gasteiger partial charge in [0, 0.05) is 17.3 Å². The Balaban J connectivity index is 2.13. The fourth-order valence-electron chi connectivity index (χ4n) is 2.20. The van der Waals surface area contributed by atoms with Gasteiger partial charge in [0.2, 0.25) is 0 Å². The van der Waals surface area contributed by atoms with Crippen LogP contribution in [0.3, 0.4) is 0 Å². The van der Waals surface area contributed by atoms with E-state index in [9.17, 15) is 4.39 Å². The molecule has 0 aliphatic carbocycles. The molecule has 0 bridgehead atoms. The van der Waals surface area contributed by atoms with E-state index in [4.69, 9.17) is 0 Å². The molecule has 1 aromatic carbocycles. The molecule has 1 unspecified atom stereocenters. The summed E-state index contributed by atoms with van der Waals surface area (Å²) in [7, 11) is 0. The molecule has 1 aromatic heterocycles. The Hall–Kier alpha value is -1.26. The maximum Gasteiger partial charge on any atom is 0.126 e. The molecule has 1 heterocycles. The summed E-state index contributed by atoms with van der Waals surface area (Å²) in [6.07, 6.45) is 1.68. The first kappa shape index (κ1) is 15.1.